The highest BCUT2D eigenvalue weighted by atomic mass is 127. The largest absolute Gasteiger partial charge is 0.483 e. The fourth-order valence-electron chi connectivity index (χ4n) is 0.954. The van der Waals surface area contributed by atoms with Crippen LogP contribution in [0.5, 0.6) is 5.75 Å². The van der Waals surface area contributed by atoms with Gasteiger partial charge in [-0.15, -0.1) is 0 Å². The van der Waals surface area contributed by atoms with Crippen LogP contribution in [0, 0.1) is 0 Å². The quantitative estimate of drug-likeness (QED) is 0.672. The zero-order valence-electron chi connectivity index (χ0n) is 8.38. The van der Waals surface area contributed by atoms with Crippen molar-refractivity contribution in [1.82, 2.24) is 8.51 Å². The zero-order valence-corrected chi connectivity index (χ0v) is 10.5. The third-order valence-electron chi connectivity index (χ3n) is 1.77. The minimum absolute atomic E-state index is 0.0391. The van der Waals surface area contributed by atoms with Gasteiger partial charge in [-0.1, -0.05) is 0 Å². The average molecular weight is 346 g/mol. The number of pyridine rings is 1. The molecular formula is C9H10F3IN2O. The third kappa shape index (κ3) is 4.52. The lowest BCUT2D eigenvalue weighted by Gasteiger charge is -2.11. The summed E-state index contributed by atoms with van der Waals surface area (Å²) in [6.45, 7) is 0.596. The summed E-state index contributed by atoms with van der Waals surface area (Å²) < 4.78 is 43.0. The Morgan fingerprint density at radius 2 is 2.19 bits per heavy atom. The number of nitrogens with one attached hydrogen (secondary N) is 1. The van der Waals surface area contributed by atoms with Gasteiger partial charge in [0.2, 0.25) is 0 Å². The molecule has 0 spiro atoms. The van der Waals surface area contributed by atoms with Crippen molar-refractivity contribution in [3.8, 4) is 5.75 Å². The van der Waals surface area contributed by atoms with Crippen molar-refractivity contribution in [1.29, 1.82) is 0 Å². The molecule has 1 rings (SSSR count). The molecule has 16 heavy (non-hydrogen) atoms. The van der Waals surface area contributed by atoms with Gasteiger partial charge in [-0.3, -0.25) is 8.51 Å². The number of ether oxygens (including phenoxy) is 1. The summed E-state index contributed by atoms with van der Waals surface area (Å²) in [6, 6.07) is 3.14. The van der Waals surface area contributed by atoms with Crippen LogP contribution >= 0.6 is 22.9 Å². The molecule has 3 nitrogen and oxygen atoms in total. The summed E-state index contributed by atoms with van der Waals surface area (Å²) in [5, 5.41) is 0. The lowest BCUT2D eigenvalue weighted by molar-refractivity contribution is -0.153. The molecule has 0 bridgehead atoms. The van der Waals surface area contributed by atoms with Crippen molar-refractivity contribution in [2.75, 3.05) is 6.61 Å². The van der Waals surface area contributed by atoms with E-state index in [4.69, 9.17) is 0 Å². The normalized spacial score (nSPS) is 13.6. The molecule has 90 valence electrons. The summed E-state index contributed by atoms with van der Waals surface area (Å²) in [5.74, 6) is 0.113. The van der Waals surface area contributed by atoms with Crippen LogP contribution in [0.2, 0.25) is 0 Å². The van der Waals surface area contributed by atoms with Gasteiger partial charge >= 0.3 is 6.18 Å². The van der Waals surface area contributed by atoms with E-state index >= 15 is 0 Å². The Labute approximate surface area is 105 Å². The summed E-state index contributed by atoms with van der Waals surface area (Å²) in [5.41, 5.74) is 0.744. The van der Waals surface area contributed by atoms with Crippen LogP contribution in [0.15, 0.2) is 18.3 Å². The summed E-state index contributed by atoms with van der Waals surface area (Å²) >= 11 is 1.98. The molecule has 1 aromatic rings. The molecule has 0 saturated carbocycles. The van der Waals surface area contributed by atoms with Crippen LogP contribution in [-0.2, 0) is 0 Å². The first-order valence-electron chi connectivity index (χ1n) is 4.44. The maximum atomic E-state index is 11.8. The van der Waals surface area contributed by atoms with E-state index in [2.05, 4.69) is 13.3 Å². The smallest absolute Gasteiger partial charge is 0.422 e. The van der Waals surface area contributed by atoms with E-state index in [9.17, 15) is 13.2 Å². The number of hydrogen-bond donors (Lipinski definition) is 1. The molecule has 0 saturated heterocycles. The predicted octanol–water partition coefficient (Wildman–Crippen LogP) is 3.02. The maximum absolute atomic E-state index is 11.8. The van der Waals surface area contributed by atoms with Crippen molar-refractivity contribution in [3.63, 3.8) is 0 Å². The fraction of sp³-hybridized carbons (Fsp3) is 0.444. The van der Waals surface area contributed by atoms with Gasteiger partial charge in [-0.25, -0.2) is 0 Å². The van der Waals surface area contributed by atoms with E-state index < -0.39 is 12.8 Å². The second-order valence-electron chi connectivity index (χ2n) is 3.15. The number of aromatic nitrogens is 1. The van der Waals surface area contributed by atoms with Crippen LogP contribution in [0.4, 0.5) is 13.2 Å². The molecule has 0 aliphatic heterocycles. The fourth-order valence-corrected chi connectivity index (χ4v) is 1.27. The van der Waals surface area contributed by atoms with Gasteiger partial charge in [0.25, 0.3) is 0 Å². The highest BCUT2D eigenvalue weighted by molar-refractivity contribution is 14.1. The van der Waals surface area contributed by atoms with Crippen molar-refractivity contribution in [3.05, 3.63) is 24.0 Å². The highest BCUT2D eigenvalue weighted by Gasteiger charge is 2.28. The molecule has 7 heteroatoms. The first-order valence-corrected chi connectivity index (χ1v) is 5.52. The van der Waals surface area contributed by atoms with Crippen molar-refractivity contribution >= 4 is 22.9 Å². The molecule has 0 amide bonds. The second-order valence-corrected chi connectivity index (χ2v) is 3.78. The average Bonchev–Trinajstić information content (AvgIpc) is 2.25. The van der Waals surface area contributed by atoms with Crippen molar-refractivity contribution in [2.24, 2.45) is 0 Å². The Kier molecular flexibility index (Phi) is 4.78. The zero-order chi connectivity index (χ0) is 12.2. The molecule has 0 aromatic carbocycles. The van der Waals surface area contributed by atoms with E-state index in [1.54, 1.807) is 6.07 Å². The van der Waals surface area contributed by atoms with Gasteiger partial charge in [0.1, 0.15) is 5.75 Å². The van der Waals surface area contributed by atoms with Crippen LogP contribution in [-0.4, -0.2) is 17.8 Å². The van der Waals surface area contributed by atoms with Gasteiger partial charge < -0.3 is 4.74 Å². The van der Waals surface area contributed by atoms with E-state index in [1.807, 2.05) is 29.8 Å². The van der Waals surface area contributed by atoms with Crippen LogP contribution in [0.3, 0.4) is 0 Å². The van der Waals surface area contributed by atoms with Gasteiger partial charge in [-0.05, 0) is 19.1 Å². The molecule has 1 aromatic heterocycles. The van der Waals surface area contributed by atoms with Gasteiger partial charge in [0, 0.05) is 22.9 Å². The first-order chi connectivity index (χ1) is 7.42. The van der Waals surface area contributed by atoms with Crippen LogP contribution < -0.4 is 8.27 Å². The number of halogens is 4. The second kappa shape index (κ2) is 5.67. The highest BCUT2D eigenvalue weighted by Crippen LogP contribution is 2.19. The first kappa shape index (κ1) is 13.5. The van der Waals surface area contributed by atoms with Gasteiger partial charge in [-0.2, -0.15) is 13.2 Å². The molecule has 1 N–H and O–H groups in total. The van der Waals surface area contributed by atoms with E-state index in [0.29, 0.717) is 0 Å². The van der Waals surface area contributed by atoms with Crippen LogP contribution in [0.25, 0.3) is 0 Å². The molecule has 1 heterocycles. The summed E-state index contributed by atoms with van der Waals surface area (Å²) in [7, 11) is 0. The maximum Gasteiger partial charge on any atom is 0.422 e. The van der Waals surface area contributed by atoms with E-state index in [-0.39, 0.29) is 11.8 Å². The number of alkyl halides is 3. The molecule has 0 unspecified atom stereocenters. The Balaban J connectivity index is 2.58. The monoisotopic (exact) mass is 346 g/mol. The standard InChI is InChI=1S/C9H10F3IN2O/c1-6(15-13)8-3-2-7(4-14-8)16-5-9(10,11)12/h2-4,6,15H,5H2,1H3/t6-/m1/s1. The molecule has 0 aliphatic rings. The SMILES string of the molecule is C[C@@H](NI)c1ccc(OCC(F)(F)F)cn1. The van der Waals surface area contributed by atoms with Crippen LogP contribution in [0.1, 0.15) is 18.7 Å². The Morgan fingerprint density at radius 1 is 1.50 bits per heavy atom. The molecule has 0 aliphatic carbocycles. The lowest BCUT2D eigenvalue weighted by Crippen LogP contribution is -2.19. The third-order valence-corrected chi connectivity index (χ3v) is 2.70. The minimum atomic E-state index is -4.32. The topological polar surface area (TPSA) is 34.1 Å². The lowest BCUT2D eigenvalue weighted by atomic mass is 10.2. The summed E-state index contributed by atoms with van der Waals surface area (Å²) in [6.07, 6.45) is -3.04. The Bertz CT molecular complexity index is 329. The number of rotatable bonds is 4. The minimum Gasteiger partial charge on any atom is -0.483 e. The predicted molar refractivity (Wildman–Crippen MR) is 61.4 cm³/mol. The Morgan fingerprint density at radius 3 is 2.62 bits per heavy atom. The molecule has 0 fully saturated rings. The molecule has 1 atom stereocenters. The van der Waals surface area contributed by atoms with Crippen molar-refractivity contribution < 1.29 is 17.9 Å². The van der Waals surface area contributed by atoms with E-state index in [1.165, 1.54) is 12.3 Å². The van der Waals surface area contributed by atoms with Gasteiger partial charge in [0.15, 0.2) is 6.61 Å². The Hall–Kier alpha value is -0.570. The number of hydrogen-bond acceptors (Lipinski definition) is 3. The van der Waals surface area contributed by atoms with E-state index in [0.717, 1.165) is 5.69 Å². The van der Waals surface area contributed by atoms with Crippen molar-refractivity contribution in [2.45, 2.75) is 19.1 Å². The van der Waals surface area contributed by atoms with Gasteiger partial charge in [0.05, 0.1) is 17.9 Å². The number of nitrogens with zero attached hydrogens (tertiary/aromatic N) is 1. The molecule has 0 radical (unpaired) electrons. The summed E-state index contributed by atoms with van der Waals surface area (Å²) in [4.78, 5) is 3.99. The molecular weight excluding hydrogens is 336 g/mol.